The molecule has 5 aromatic rings. The summed E-state index contributed by atoms with van der Waals surface area (Å²) in [6, 6.07) is 15.3. The smallest absolute Gasteiger partial charge is 0.277 e. The minimum absolute atomic E-state index is 0.0507. The number of rotatable bonds is 6. The third kappa shape index (κ3) is 4.29. The molecule has 9 nitrogen and oxygen atoms in total. The van der Waals surface area contributed by atoms with Gasteiger partial charge in [-0.15, -0.1) is 0 Å². The number of ether oxygens (including phenoxy) is 1. The first-order valence-electron chi connectivity index (χ1n) is 11.6. The molecule has 2 aromatic carbocycles. The van der Waals surface area contributed by atoms with Crippen LogP contribution in [0.5, 0.6) is 5.75 Å². The Kier molecular flexibility index (Phi) is 5.93. The van der Waals surface area contributed by atoms with Crippen molar-refractivity contribution in [1.82, 2.24) is 24.3 Å². The molecule has 0 unspecified atom stereocenters. The molecule has 9 heteroatoms. The van der Waals surface area contributed by atoms with Crippen molar-refractivity contribution in [3.05, 3.63) is 88.3 Å². The summed E-state index contributed by atoms with van der Waals surface area (Å²) in [5.41, 5.74) is 3.83. The summed E-state index contributed by atoms with van der Waals surface area (Å²) in [6.45, 7) is 6.24. The molecule has 0 radical (unpaired) electrons. The molecular weight excluding hydrogens is 458 g/mol. The molecule has 36 heavy (non-hydrogen) atoms. The molecule has 3 aromatic heterocycles. The van der Waals surface area contributed by atoms with Crippen LogP contribution in [0.1, 0.15) is 37.8 Å². The van der Waals surface area contributed by atoms with E-state index in [-0.39, 0.29) is 24.1 Å². The lowest BCUT2D eigenvalue weighted by Crippen LogP contribution is -2.22. The summed E-state index contributed by atoms with van der Waals surface area (Å²) in [4.78, 5) is 17.8. The van der Waals surface area contributed by atoms with E-state index in [1.807, 2.05) is 36.4 Å². The Morgan fingerprint density at radius 2 is 1.69 bits per heavy atom. The summed E-state index contributed by atoms with van der Waals surface area (Å²) in [5, 5.41) is 18.7. The lowest BCUT2D eigenvalue weighted by Gasteiger charge is -2.18. The van der Waals surface area contributed by atoms with E-state index in [0.717, 1.165) is 11.1 Å². The van der Waals surface area contributed by atoms with Crippen molar-refractivity contribution in [3.8, 4) is 28.4 Å². The van der Waals surface area contributed by atoms with E-state index in [4.69, 9.17) is 9.26 Å². The number of aliphatic hydroxyl groups is 1. The molecule has 0 bridgehead atoms. The molecular formula is C27H27N5O4. The van der Waals surface area contributed by atoms with E-state index >= 15 is 0 Å². The minimum atomic E-state index is -0.334. The van der Waals surface area contributed by atoms with Crippen LogP contribution in [0.15, 0.2) is 70.2 Å². The number of hydrogen-bond donors (Lipinski definition) is 1. The maximum atomic E-state index is 13.3. The van der Waals surface area contributed by atoms with Gasteiger partial charge in [0, 0.05) is 29.1 Å². The SMILES string of the molecule is COc1ccc(-c2nn3ccn(Cc4nc(-c5ccc(C(C)(C)C)cc5)no4)c(=O)c3c2CO)cc1. The van der Waals surface area contributed by atoms with Gasteiger partial charge in [0.05, 0.1) is 19.4 Å². The van der Waals surface area contributed by atoms with Crippen molar-refractivity contribution < 1.29 is 14.4 Å². The number of nitrogens with zero attached hydrogens (tertiary/aromatic N) is 5. The Morgan fingerprint density at radius 3 is 2.33 bits per heavy atom. The normalized spacial score (nSPS) is 11.8. The zero-order chi connectivity index (χ0) is 25.4. The number of aliphatic hydroxyl groups excluding tert-OH is 1. The summed E-state index contributed by atoms with van der Waals surface area (Å²) >= 11 is 0. The molecule has 184 valence electrons. The van der Waals surface area contributed by atoms with E-state index in [1.165, 1.54) is 14.6 Å². The first kappa shape index (κ1) is 23.5. The van der Waals surface area contributed by atoms with Crippen LogP contribution in [0.25, 0.3) is 28.2 Å². The number of benzene rings is 2. The van der Waals surface area contributed by atoms with Gasteiger partial charge in [0.25, 0.3) is 5.56 Å². The Morgan fingerprint density at radius 1 is 1.00 bits per heavy atom. The highest BCUT2D eigenvalue weighted by molar-refractivity contribution is 5.72. The largest absolute Gasteiger partial charge is 0.497 e. The second-order valence-corrected chi connectivity index (χ2v) is 9.58. The van der Waals surface area contributed by atoms with Crippen LogP contribution in [-0.2, 0) is 18.6 Å². The second-order valence-electron chi connectivity index (χ2n) is 9.58. The van der Waals surface area contributed by atoms with Crippen molar-refractivity contribution in [2.75, 3.05) is 7.11 Å². The maximum Gasteiger partial charge on any atom is 0.277 e. The number of fused-ring (bicyclic) bond motifs is 1. The molecule has 0 amide bonds. The predicted molar refractivity (Wildman–Crippen MR) is 135 cm³/mol. The zero-order valence-electron chi connectivity index (χ0n) is 20.6. The van der Waals surface area contributed by atoms with Gasteiger partial charge >= 0.3 is 0 Å². The molecule has 0 aliphatic carbocycles. The highest BCUT2D eigenvalue weighted by atomic mass is 16.5. The standard InChI is InChI=1S/C27H27N5O4/c1-27(2,3)19-9-5-18(6-10-19)25-28-22(36-30-25)15-31-13-14-32-24(26(31)34)21(16-33)23(29-32)17-7-11-20(35-4)12-8-17/h5-14,33H,15-16H2,1-4H3. The highest BCUT2D eigenvalue weighted by Gasteiger charge is 2.19. The third-order valence-corrected chi connectivity index (χ3v) is 6.16. The maximum absolute atomic E-state index is 13.3. The first-order chi connectivity index (χ1) is 17.3. The van der Waals surface area contributed by atoms with Crippen molar-refractivity contribution in [1.29, 1.82) is 0 Å². The zero-order valence-corrected chi connectivity index (χ0v) is 20.6. The van der Waals surface area contributed by atoms with Gasteiger partial charge in [0.2, 0.25) is 11.7 Å². The highest BCUT2D eigenvalue weighted by Crippen LogP contribution is 2.27. The number of aromatic nitrogens is 5. The van der Waals surface area contributed by atoms with Gasteiger partial charge in [-0.05, 0) is 35.2 Å². The Hall–Kier alpha value is -4.24. The fourth-order valence-electron chi connectivity index (χ4n) is 4.11. The molecule has 0 aliphatic heterocycles. The van der Waals surface area contributed by atoms with Crippen molar-refractivity contribution >= 4 is 5.52 Å². The monoisotopic (exact) mass is 485 g/mol. The predicted octanol–water partition coefficient (Wildman–Crippen LogP) is 4.06. The fraction of sp³-hybridized carbons (Fsp3) is 0.259. The minimum Gasteiger partial charge on any atom is -0.497 e. The van der Waals surface area contributed by atoms with E-state index in [0.29, 0.717) is 34.2 Å². The molecule has 1 N–H and O–H groups in total. The van der Waals surface area contributed by atoms with Gasteiger partial charge in [-0.25, -0.2) is 4.52 Å². The molecule has 0 atom stereocenters. The molecule has 0 fully saturated rings. The van der Waals surface area contributed by atoms with Crippen LogP contribution < -0.4 is 10.3 Å². The van der Waals surface area contributed by atoms with Crippen molar-refractivity contribution in [2.45, 2.75) is 39.3 Å². The summed E-state index contributed by atoms with van der Waals surface area (Å²) in [6.07, 6.45) is 3.29. The van der Waals surface area contributed by atoms with Crippen LogP contribution in [-0.4, -0.2) is 36.5 Å². The summed E-state index contributed by atoms with van der Waals surface area (Å²) < 4.78 is 13.6. The molecule has 5 rings (SSSR count). The van der Waals surface area contributed by atoms with Gasteiger partial charge < -0.3 is 18.9 Å². The Bertz CT molecular complexity index is 1570. The molecule has 0 aliphatic rings. The van der Waals surface area contributed by atoms with Gasteiger partial charge in [-0.3, -0.25) is 4.79 Å². The third-order valence-electron chi connectivity index (χ3n) is 6.16. The van der Waals surface area contributed by atoms with Crippen LogP contribution in [0.3, 0.4) is 0 Å². The number of hydrogen-bond acceptors (Lipinski definition) is 7. The molecule has 3 heterocycles. The quantitative estimate of drug-likeness (QED) is 0.386. The molecule has 0 spiro atoms. The topological polar surface area (TPSA) is 108 Å². The van der Waals surface area contributed by atoms with Crippen LogP contribution in [0.2, 0.25) is 0 Å². The van der Waals surface area contributed by atoms with Crippen LogP contribution >= 0.6 is 0 Å². The van der Waals surface area contributed by atoms with Gasteiger partial charge in [0.1, 0.15) is 17.8 Å². The summed E-state index contributed by atoms with van der Waals surface area (Å²) in [7, 11) is 1.59. The van der Waals surface area contributed by atoms with E-state index in [9.17, 15) is 9.90 Å². The van der Waals surface area contributed by atoms with Crippen LogP contribution in [0.4, 0.5) is 0 Å². The van der Waals surface area contributed by atoms with Gasteiger partial charge in [-0.2, -0.15) is 10.1 Å². The van der Waals surface area contributed by atoms with Crippen molar-refractivity contribution in [2.24, 2.45) is 0 Å². The number of methoxy groups -OCH3 is 1. The molecule has 0 saturated heterocycles. The fourth-order valence-corrected chi connectivity index (χ4v) is 4.11. The average Bonchev–Trinajstić information content (AvgIpc) is 3.50. The Labute approximate surface area is 207 Å². The van der Waals surface area contributed by atoms with Gasteiger partial charge in [0.15, 0.2) is 0 Å². The van der Waals surface area contributed by atoms with E-state index in [2.05, 4.69) is 48.1 Å². The lowest BCUT2D eigenvalue weighted by molar-refractivity contribution is 0.283. The molecule has 0 saturated carbocycles. The first-order valence-corrected chi connectivity index (χ1v) is 11.6. The van der Waals surface area contributed by atoms with Crippen LogP contribution in [0, 0.1) is 0 Å². The lowest BCUT2D eigenvalue weighted by atomic mass is 9.87. The second kappa shape index (κ2) is 9.09. The Balaban J connectivity index is 1.46. The summed E-state index contributed by atoms with van der Waals surface area (Å²) in [5.74, 6) is 1.47. The van der Waals surface area contributed by atoms with E-state index in [1.54, 1.807) is 19.5 Å². The van der Waals surface area contributed by atoms with Gasteiger partial charge in [-0.1, -0.05) is 50.2 Å². The average molecular weight is 486 g/mol. The van der Waals surface area contributed by atoms with Crippen molar-refractivity contribution in [3.63, 3.8) is 0 Å². The van der Waals surface area contributed by atoms with E-state index < -0.39 is 0 Å².